The van der Waals surface area contributed by atoms with Gasteiger partial charge in [-0.2, -0.15) is 0 Å². The second-order valence-corrected chi connectivity index (χ2v) is 5.94. The Morgan fingerprint density at radius 1 is 1.24 bits per heavy atom. The van der Waals surface area contributed by atoms with Crippen molar-refractivity contribution in [2.45, 2.75) is 11.0 Å². The summed E-state index contributed by atoms with van der Waals surface area (Å²) >= 11 is 2.94. The molecule has 0 spiro atoms. The first kappa shape index (κ1) is 13.8. The minimum absolute atomic E-state index is 0.0847. The molecule has 0 atom stereocenters. The molecule has 0 bridgehead atoms. The predicted molar refractivity (Wildman–Crippen MR) is 80.3 cm³/mol. The summed E-state index contributed by atoms with van der Waals surface area (Å²) in [5.74, 6) is 1.13. The van der Waals surface area contributed by atoms with E-state index in [0.29, 0.717) is 16.9 Å². The van der Waals surface area contributed by atoms with Gasteiger partial charge in [-0.1, -0.05) is 30.0 Å². The summed E-state index contributed by atoms with van der Waals surface area (Å²) < 4.78 is 5.55. The van der Waals surface area contributed by atoms with Gasteiger partial charge in [-0.25, -0.2) is 0 Å². The van der Waals surface area contributed by atoms with Crippen LogP contribution in [0.5, 0.6) is 0 Å². The van der Waals surface area contributed by atoms with Crippen LogP contribution in [-0.2, 0) is 5.75 Å². The number of nitrogens with zero attached hydrogens (tertiary/aromatic N) is 3. The number of nitro benzene ring substituents is 1. The van der Waals surface area contributed by atoms with Gasteiger partial charge in [0.15, 0.2) is 0 Å². The van der Waals surface area contributed by atoms with Crippen LogP contribution in [0, 0.1) is 10.1 Å². The third-order valence-corrected chi connectivity index (χ3v) is 4.40. The molecule has 0 saturated heterocycles. The highest BCUT2D eigenvalue weighted by atomic mass is 32.2. The summed E-state index contributed by atoms with van der Waals surface area (Å²) in [4.78, 5) is 11.1. The molecular formula is C13H9N3O3S2. The summed E-state index contributed by atoms with van der Waals surface area (Å²) in [6.45, 7) is 0. The van der Waals surface area contributed by atoms with Crippen LogP contribution in [0.1, 0.15) is 5.56 Å². The average Bonchev–Trinajstić information content (AvgIpc) is 3.16. The van der Waals surface area contributed by atoms with Gasteiger partial charge in [0.2, 0.25) is 0 Å². The second-order valence-electron chi connectivity index (χ2n) is 4.06. The van der Waals surface area contributed by atoms with Crippen LogP contribution < -0.4 is 0 Å². The lowest BCUT2D eigenvalue weighted by Gasteiger charge is -1.97. The molecule has 0 N–H and O–H groups in total. The third-order valence-electron chi connectivity index (χ3n) is 2.65. The Morgan fingerprint density at radius 2 is 2.05 bits per heavy atom. The molecule has 6 nitrogen and oxygen atoms in total. The Hall–Kier alpha value is -2.19. The molecule has 0 amide bonds. The molecule has 0 unspecified atom stereocenters. The largest absolute Gasteiger partial charge is 0.410 e. The number of hydrogen-bond acceptors (Lipinski definition) is 7. The number of non-ortho nitro benzene ring substituents is 1. The van der Waals surface area contributed by atoms with Gasteiger partial charge in [-0.3, -0.25) is 10.1 Å². The van der Waals surface area contributed by atoms with Crippen LogP contribution >= 0.6 is 23.1 Å². The van der Waals surface area contributed by atoms with Gasteiger partial charge >= 0.3 is 0 Å². The van der Waals surface area contributed by atoms with E-state index >= 15 is 0 Å². The van der Waals surface area contributed by atoms with Crippen molar-refractivity contribution >= 4 is 28.8 Å². The van der Waals surface area contributed by atoms with Gasteiger partial charge < -0.3 is 4.42 Å². The first-order valence-corrected chi connectivity index (χ1v) is 7.82. The van der Waals surface area contributed by atoms with E-state index in [0.717, 1.165) is 10.4 Å². The summed E-state index contributed by atoms with van der Waals surface area (Å²) in [5, 5.41) is 21.0. The van der Waals surface area contributed by atoms with E-state index < -0.39 is 4.92 Å². The lowest BCUT2D eigenvalue weighted by Crippen LogP contribution is -1.88. The Bertz CT molecular complexity index is 738. The predicted octanol–water partition coefficient (Wildman–Crippen LogP) is 4.00. The molecule has 3 aromatic rings. The van der Waals surface area contributed by atoms with E-state index in [1.165, 1.54) is 35.2 Å². The minimum Gasteiger partial charge on any atom is -0.410 e. The molecule has 0 aliphatic rings. The van der Waals surface area contributed by atoms with Gasteiger partial charge in [0.05, 0.1) is 9.80 Å². The second kappa shape index (κ2) is 6.06. The van der Waals surface area contributed by atoms with Crippen molar-refractivity contribution in [3.63, 3.8) is 0 Å². The highest BCUT2D eigenvalue weighted by molar-refractivity contribution is 7.98. The third kappa shape index (κ3) is 3.29. The number of nitro groups is 1. The molecule has 3 rings (SSSR count). The molecule has 0 radical (unpaired) electrons. The Kier molecular flexibility index (Phi) is 3.98. The monoisotopic (exact) mass is 319 g/mol. The van der Waals surface area contributed by atoms with Crippen molar-refractivity contribution in [1.82, 2.24) is 10.2 Å². The highest BCUT2D eigenvalue weighted by Gasteiger charge is 2.10. The van der Waals surface area contributed by atoms with Gasteiger partial charge in [-0.05, 0) is 17.0 Å². The van der Waals surface area contributed by atoms with Crippen molar-refractivity contribution in [2.24, 2.45) is 0 Å². The lowest BCUT2D eigenvalue weighted by atomic mass is 10.2. The summed E-state index contributed by atoms with van der Waals surface area (Å²) in [5.41, 5.74) is 1.04. The van der Waals surface area contributed by atoms with Gasteiger partial charge in [0, 0.05) is 17.9 Å². The molecular weight excluding hydrogens is 310 g/mol. The fourth-order valence-corrected chi connectivity index (χ4v) is 2.99. The van der Waals surface area contributed by atoms with E-state index in [2.05, 4.69) is 10.2 Å². The maximum Gasteiger partial charge on any atom is 0.277 e. The van der Waals surface area contributed by atoms with Crippen LogP contribution in [0.2, 0.25) is 0 Å². The Morgan fingerprint density at radius 3 is 2.71 bits per heavy atom. The van der Waals surface area contributed by atoms with Crippen molar-refractivity contribution < 1.29 is 9.34 Å². The zero-order valence-corrected chi connectivity index (χ0v) is 12.3. The van der Waals surface area contributed by atoms with Crippen LogP contribution in [0.15, 0.2) is 51.4 Å². The number of thioether (sulfide) groups is 1. The first-order valence-electron chi connectivity index (χ1n) is 5.96. The molecule has 21 heavy (non-hydrogen) atoms. The van der Waals surface area contributed by atoms with Crippen molar-refractivity contribution in [1.29, 1.82) is 0 Å². The molecule has 2 aromatic heterocycles. The van der Waals surface area contributed by atoms with Crippen molar-refractivity contribution in [3.8, 4) is 10.8 Å². The standard InChI is InChI=1S/C13H9N3O3S2/c17-16(18)10-5-3-9(4-6-10)8-21-13-15-14-12(19-13)11-2-1-7-20-11/h1-7H,8H2. The fourth-order valence-electron chi connectivity index (χ4n) is 1.63. The first-order chi connectivity index (χ1) is 10.2. The highest BCUT2D eigenvalue weighted by Crippen LogP contribution is 2.28. The van der Waals surface area contributed by atoms with Gasteiger partial charge in [-0.15, -0.1) is 21.5 Å². The number of rotatable bonds is 5. The summed E-state index contributed by atoms with van der Waals surface area (Å²) in [6, 6.07) is 10.3. The molecule has 0 saturated carbocycles. The van der Waals surface area contributed by atoms with E-state index in [4.69, 9.17) is 4.42 Å². The van der Waals surface area contributed by atoms with Crippen LogP contribution in [0.3, 0.4) is 0 Å². The molecule has 106 valence electrons. The maximum atomic E-state index is 10.6. The lowest BCUT2D eigenvalue weighted by molar-refractivity contribution is -0.384. The van der Waals surface area contributed by atoms with Crippen LogP contribution in [0.25, 0.3) is 10.8 Å². The summed E-state index contributed by atoms with van der Waals surface area (Å²) in [6.07, 6.45) is 0. The molecule has 0 aliphatic heterocycles. The van der Waals surface area contributed by atoms with Crippen molar-refractivity contribution in [2.75, 3.05) is 0 Å². The number of aromatic nitrogens is 2. The Labute approximate surface area is 128 Å². The quantitative estimate of drug-likeness (QED) is 0.401. The average molecular weight is 319 g/mol. The zero-order valence-electron chi connectivity index (χ0n) is 10.6. The SMILES string of the molecule is O=[N+]([O-])c1ccc(CSc2nnc(-c3cccs3)o2)cc1. The molecule has 2 heterocycles. The van der Waals surface area contributed by atoms with Crippen LogP contribution in [0.4, 0.5) is 5.69 Å². The normalized spacial score (nSPS) is 10.7. The molecule has 8 heteroatoms. The van der Waals surface area contributed by atoms with Gasteiger partial charge in [0.25, 0.3) is 16.8 Å². The van der Waals surface area contributed by atoms with E-state index in [9.17, 15) is 10.1 Å². The maximum absolute atomic E-state index is 10.6. The molecule has 1 aromatic carbocycles. The number of hydrogen-bond donors (Lipinski definition) is 0. The Balaban J connectivity index is 1.64. The smallest absolute Gasteiger partial charge is 0.277 e. The summed E-state index contributed by atoms with van der Waals surface area (Å²) in [7, 11) is 0. The molecule has 0 fully saturated rings. The van der Waals surface area contributed by atoms with Crippen molar-refractivity contribution in [3.05, 3.63) is 57.5 Å². The zero-order chi connectivity index (χ0) is 14.7. The molecule has 0 aliphatic carbocycles. The minimum atomic E-state index is -0.414. The van der Waals surface area contributed by atoms with E-state index in [1.54, 1.807) is 12.1 Å². The fraction of sp³-hybridized carbons (Fsp3) is 0.0769. The van der Waals surface area contributed by atoms with Crippen LogP contribution in [-0.4, -0.2) is 15.1 Å². The van der Waals surface area contributed by atoms with E-state index in [1.807, 2.05) is 17.5 Å². The number of thiophene rings is 1. The van der Waals surface area contributed by atoms with E-state index in [-0.39, 0.29) is 5.69 Å². The topological polar surface area (TPSA) is 82.1 Å². The van der Waals surface area contributed by atoms with Gasteiger partial charge in [0.1, 0.15) is 0 Å². The number of benzene rings is 1.